The van der Waals surface area contributed by atoms with E-state index in [1.165, 1.54) is 0 Å². The van der Waals surface area contributed by atoms with Crippen LogP contribution in [0.15, 0.2) is 12.1 Å². The zero-order valence-electron chi connectivity index (χ0n) is 17.2. The molecular formula is C20H28N6O2. The van der Waals surface area contributed by atoms with E-state index in [9.17, 15) is 4.79 Å². The van der Waals surface area contributed by atoms with Gasteiger partial charge in [-0.2, -0.15) is 0 Å². The smallest absolute Gasteiger partial charge is 0.288 e. The van der Waals surface area contributed by atoms with Crippen LogP contribution < -0.4 is 20.3 Å². The van der Waals surface area contributed by atoms with E-state index in [4.69, 9.17) is 4.74 Å². The van der Waals surface area contributed by atoms with Crippen molar-refractivity contribution >= 4 is 11.7 Å². The molecule has 3 heterocycles. The molecule has 1 aliphatic heterocycles. The molecule has 150 valence electrons. The third-order valence-corrected chi connectivity index (χ3v) is 5.07. The number of nitrogens with one attached hydrogen (secondary N) is 2. The van der Waals surface area contributed by atoms with Gasteiger partial charge >= 0.3 is 0 Å². The lowest BCUT2D eigenvalue weighted by Crippen LogP contribution is -2.33. The molecule has 0 aliphatic carbocycles. The lowest BCUT2D eigenvalue weighted by molar-refractivity contribution is 0.0952. The van der Waals surface area contributed by atoms with Crippen LogP contribution in [-0.4, -0.2) is 54.1 Å². The summed E-state index contributed by atoms with van der Waals surface area (Å²) in [6, 6.07) is 4.21. The van der Waals surface area contributed by atoms with E-state index in [0.717, 1.165) is 53.7 Å². The molecular weight excluding hydrogens is 356 g/mol. The van der Waals surface area contributed by atoms with Crippen molar-refractivity contribution in [1.82, 2.24) is 25.6 Å². The Labute approximate surface area is 165 Å². The van der Waals surface area contributed by atoms with Gasteiger partial charge in [-0.15, -0.1) is 0 Å². The average molecular weight is 384 g/mol. The summed E-state index contributed by atoms with van der Waals surface area (Å²) < 4.78 is 5.32. The van der Waals surface area contributed by atoms with Crippen LogP contribution >= 0.6 is 0 Å². The third kappa shape index (κ3) is 4.39. The predicted molar refractivity (Wildman–Crippen MR) is 108 cm³/mol. The fraction of sp³-hybridized carbons (Fsp3) is 0.500. The molecule has 1 aliphatic rings. The molecule has 28 heavy (non-hydrogen) atoms. The second kappa shape index (κ2) is 8.52. The zero-order chi connectivity index (χ0) is 20.3. The maximum atomic E-state index is 12.0. The molecule has 0 bridgehead atoms. The Morgan fingerprint density at radius 1 is 1.25 bits per heavy atom. The van der Waals surface area contributed by atoms with E-state index < -0.39 is 0 Å². The van der Waals surface area contributed by atoms with Crippen LogP contribution in [0, 0.1) is 20.8 Å². The Balaban J connectivity index is 1.68. The summed E-state index contributed by atoms with van der Waals surface area (Å²) in [5.74, 6) is 1.61. The van der Waals surface area contributed by atoms with Gasteiger partial charge in [0.2, 0.25) is 5.82 Å². The lowest BCUT2D eigenvalue weighted by Gasteiger charge is -2.21. The van der Waals surface area contributed by atoms with Crippen LogP contribution in [0.5, 0.6) is 5.75 Å². The molecule has 1 saturated heterocycles. The van der Waals surface area contributed by atoms with Crippen molar-refractivity contribution in [2.24, 2.45) is 0 Å². The summed E-state index contributed by atoms with van der Waals surface area (Å²) in [6.07, 6.45) is 1.00. The second-order valence-corrected chi connectivity index (χ2v) is 7.11. The first-order chi connectivity index (χ1) is 13.4. The first kappa shape index (κ1) is 20.0. The van der Waals surface area contributed by atoms with Crippen LogP contribution in [0.4, 0.5) is 5.82 Å². The van der Waals surface area contributed by atoms with Crippen molar-refractivity contribution in [2.45, 2.75) is 39.8 Å². The fourth-order valence-corrected chi connectivity index (χ4v) is 3.41. The van der Waals surface area contributed by atoms with Gasteiger partial charge in [0.1, 0.15) is 11.6 Å². The Bertz CT molecular complexity index is 870. The molecule has 0 aromatic carbocycles. The Hall–Kier alpha value is -2.74. The van der Waals surface area contributed by atoms with Gasteiger partial charge < -0.3 is 20.3 Å². The first-order valence-corrected chi connectivity index (χ1v) is 9.48. The van der Waals surface area contributed by atoms with Crippen molar-refractivity contribution < 1.29 is 9.53 Å². The average Bonchev–Trinajstić information content (AvgIpc) is 3.16. The molecule has 3 rings (SSSR count). The second-order valence-electron chi connectivity index (χ2n) is 7.11. The van der Waals surface area contributed by atoms with Crippen LogP contribution in [0.3, 0.4) is 0 Å². The van der Waals surface area contributed by atoms with Gasteiger partial charge in [-0.05, 0) is 27.2 Å². The number of hydrogen-bond donors (Lipinski definition) is 2. The number of methoxy groups -OCH3 is 1. The Morgan fingerprint density at radius 3 is 2.75 bits per heavy atom. The number of aromatic nitrogens is 3. The van der Waals surface area contributed by atoms with Crippen molar-refractivity contribution in [3.8, 4) is 5.75 Å². The first-order valence-electron chi connectivity index (χ1n) is 9.48. The predicted octanol–water partition coefficient (Wildman–Crippen LogP) is 1.53. The SMILES string of the molecule is CNC(=O)c1nc(C)c(C)c(N2CC[C@@H](NCc3cc(OC)cc(C)n3)C2)n1. The summed E-state index contributed by atoms with van der Waals surface area (Å²) in [6.45, 7) is 8.27. The van der Waals surface area contributed by atoms with Crippen LogP contribution in [-0.2, 0) is 6.54 Å². The highest BCUT2D eigenvalue weighted by molar-refractivity contribution is 5.90. The quantitative estimate of drug-likeness (QED) is 0.780. The molecule has 1 amide bonds. The number of carbonyl (C=O) groups is 1. The molecule has 2 aromatic rings. The molecule has 0 spiro atoms. The Kier molecular flexibility index (Phi) is 6.08. The van der Waals surface area contributed by atoms with E-state index in [0.29, 0.717) is 12.6 Å². The molecule has 1 atom stereocenters. The van der Waals surface area contributed by atoms with Gasteiger partial charge in [-0.25, -0.2) is 9.97 Å². The number of nitrogens with zero attached hydrogens (tertiary/aromatic N) is 4. The minimum Gasteiger partial charge on any atom is -0.497 e. The summed E-state index contributed by atoms with van der Waals surface area (Å²) in [5, 5.41) is 6.17. The minimum atomic E-state index is -0.266. The summed E-state index contributed by atoms with van der Waals surface area (Å²) >= 11 is 0. The summed E-state index contributed by atoms with van der Waals surface area (Å²) in [7, 11) is 3.25. The van der Waals surface area contributed by atoms with Gasteiger partial charge in [-0.3, -0.25) is 9.78 Å². The van der Waals surface area contributed by atoms with Gasteiger partial charge in [0.25, 0.3) is 5.91 Å². The van der Waals surface area contributed by atoms with Gasteiger partial charge in [-0.1, -0.05) is 0 Å². The lowest BCUT2D eigenvalue weighted by atomic mass is 10.2. The van der Waals surface area contributed by atoms with E-state index in [1.54, 1.807) is 14.2 Å². The summed E-state index contributed by atoms with van der Waals surface area (Å²) in [4.78, 5) is 27.6. The van der Waals surface area contributed by atoms with E-state index in [1.807, 2.05) is 32.9 Å². The molecule has 0 radical (unpaired) electrons. The standard InChI is InChI=1S/C20H28N6O2/c1-12-8-17(28-5)9-16(23-12)10-22-15-6-7-26(11-15)19-13(2)14(3)24-18(25-19)20(27)21-4/h8-9,15,22H,6-7,10-11H2,1-5H3,(H,21,27)/t15-/m1/s1. The monoisotopic (exact) mass is 384 g/mol. The van der Waals surface area contributed by atoms with Gasteiger partial charge in [0, 0.05) is 61.8 Å². The van der Waals surface area contributed by atoms with Crippen molar-refractivity contribution in [3.05, 3.63) is 40.6 Å². The normalized spacial score (nSPS) is 16.3. The molecule has 1 fully saturated rings. The highest BCUT2D eigenvalue weighted by Gasteiger charge is 2.26. The topological polar surface area (TPSA) is 92.3 Å². The number of rotatable bonds is 6. The van der Waals surface area contributed by atoms with Gasteiger partial charge in [0.15, 0.2) is 0 Å². The molecule has 2 N–H and O–H groups in total. The number of hydrogen-bond acceptors (Lipinski definition) is 7. The maximum Gasteiger partial charge on any atom is 0.288 e. The number of ether oxygens (including phenoxy) is 1. The van der Waals surface area contributed by atoms with Crippen LogP contribution in [0.25, 0.3) is 0 Å². The highest BCUT2D eigenvalue weighted by atomic mass is 16.5. The number of anilines is 1. The van der Waals surface area contributed by atoms with Gasteiger partial charge in [0.05, 0.1) is 12.8 Å². The largest absolute Gasteiger partial charge is 0.497 e. The highest BCUT2D eigenvalue weighted by Crippen LogP contribution is 2.24. The fourth-order valence-electron chi connectivity index (χ4n) is 3.41. The third-order valence-electron chi connectivity index (χ3n) is 5.07. The number of carbonyl (C=O) groups excluding carboxylic acids is 1. The van der Waals surface area contributed by atoms with E-state index >= 15 is 0 Å². The molecule has 0 saturated carbocycles. The number of pyridine rings is 1. The molecule has 8 heteroatoms. The van der Waals surface area contributed by atoms with Crippen LogP contribution in [0.1, 0.15) is 39.7 Å². The molecule has 8 nitrogen and oxygen atoms in total. The summed E-state index contributed by atoms with van der Waals surface area (Å²) in [5.41, 5.74) is 3.75. The molecule has 2 aromatic heterocycles. The molecule has 0 unspecified atom stereocenters. The number of aryl methyl sites for hydroxylation is 2. The maximum absolute atomic E-state index is 12.0. The van der Waals surface area contributed by atoms with Crippen molar-refractivity contribution in [1.29, 1.82) is 0 Å². The van der Waals surface area contributed by atoms with E-state index in [2.05, 4.69) is 30.5 Å². The number of amides is 1. The minimum absolute atomic E-state index is 0.216. The Morgan fingerprint density at radius 2 is 2.04 bits per heavy atom. The van der Waals surface area contributed by atoms with Crippen LogP contribution in [0.2, 0.25) is 0 Å². The van der Waals surface area contributed by atoms with Crippen molar-refractivity contribution in [3.63, 3.8) is 0 Å². The van der Waals surface area contributed by atoms with E-state index in [-0.39, 0.29) is 11.7 Å². The zero-order valence-corrected chi connectivity index (χ0v) is 17.2. The van der Waals surface area contributed by atoms with Crippen molar-refractivity contribution in [2.75, 3.05) is 32.1 Å².